The Morgan fingerprint density at radius 3 is 2.62 bits per heavy atom. The normalized spacial score (nSPS) is 16.9. The molecule has 144 valence electrons. The third-order valence-electron chi connectivity index (χ3n) is 4.01. The number of hydrogen-bond donors (Lipinski definition) is 1. The molecule has 0 atom stereocenters. The summed E-state index contributed by atoms with van der Waals surface area (Å²) in [5.41, 5.74) is 7.50. The second-order valence-electron chi connectivity index (χ2n) is 7.34. The molecule has 1 aliphatic carbocycles. The average Bonchev–Trinajstić information content (AvgIpc) is 2.51. The average molecular weight is 368 g/mol. The number of pyridine rings is 1. The lowest BCUT2D eigenvalue weighted by Gasteiger charge is -2.23. The third-order valence-corrected chi connectivity index (χ3v) is 4.01. The summed E-state index contributed by atoms with van der Waals surface area (Å²) in [5.74, 6) is -3.23. The standard InChI is InChI=1S/C19H26F2N2O3/c1-5-25-17(24)15-13(11-26-18(2,3)4)10-14(23-16(15)22)12-6-8-19(20,21)9-7-12/h6,10H,5,7-9,11H2,1-4H3,(H2,22,23). The van der Waals surface area contributed by atoms with Gasteiger partial charge in [0.05, 0.1) is 24.5 Å². The Labute approximate surface area is 152 Å². The second-order valence-corrected chi connectivity index (χ2v) is 7.34. The first-order valence-electron chi connectivity index (χ1n) is 8.70. The lowest BCUT2D eigenvalue weighted by Crippen LogP contribution is -2.22. The molecule has 1 aliphatic rings. The molecular formula is C19H26F2N2O3. The minimum atomic E-state index is -2.68. The number of nitrogen functional groups attached to an aromatic ring is 1. The maximum absolute atomic E-state index is 13.4. The fourth-order valence-corrected chi connectivity index (χ4v) is 2.66. The molecule has 0 saturated heterocycles. The Hall–Kier alpha value is -2.02. The van der Waals surface area contributed by atoms with Crippen LogP contribution in [-0.2, 0) is 16.1 Å². The molecule has 1 aromatic heterocycles. The van der Waals surface area contributed by atoms with Crippen molar-refractivity contribution in [1.29, 1.82) is 0 Å². The fraction of sp³-hybridized carbons (Fsp3) is 0.579. The van der Waals surface area contributed by atoms with Gasteiger partial charge in [-0.05, 0) is 51.3 Å². The fourth-order valence-electron chi connectivity index (χ4n) is 2.66. The minimum Gasteiger partial charge on any atom is -0.462 e. The van der Waals surface area contributed by atoms with Crippen LogP contribution in [0.25, 0.3) is 5.57 Å². The molecule has 7 heteroatoms. The summed E-state index contributed by atoms with van der Waals surface area (Å²) in [7, 11) is 0. The van der Waals surface area contributed by atoms with Crippen molar-refractivity contribution in [3.8, 4) is 0 Å². The molecule has 26 heavy (non-hydrogen) atoms. The predicted octanol–water partition coefficient (Wildman–Crippen LogP) is 4.36. The van der Waals surface area contributed by atoms with Gasteiger partial charge >= 0.3 is 5.97 Å². The predicted molar refractivity (Wildman–Crippen MR) is 95.9 cm³/mol. The van der Waals surface area contributed by atoms with Crippen molar-refractivity contribution in [2.45, 2.75) is 65.1 Å². The van der Waals surface area contributed by atoms with E-state index in [-0.39, 0.29) is 43.9 Å². The molecule has 0 aromatic carbocycles. The molecular weight excluding hydrogens is 342 g/mol. The minimum absolute atomic E-state index is 0.0201. The van der Waals surface area contributed by atoms with Crippen LogP contribution in [0, 0.1) is 0 Å². The van der Waals surface area contributed by atoms with Crippen molar-refractivity contribution in [2.75, 3.05) is 12.3 Å². The quantitative estimate of drug-likeness (QED) is 0.782. The van der Waals surface area contributed by atoms with Crippen LogP contribution in [0.2, 0.25) is 0 Å². The number of carbonyl (C=O) groups excluding carboxylic acids is 1. The molecule has 0 unspecified atom stereocenters. The number of esters is 1. The van der Waals surface area contributed by atoms with E-state index < -0.39 is 17.5 Å². The van der Waals surface area contributed by atoms with Gasteiger partial charge in [-0.3, -0.25) is 0 Å². The number of aromatic nitrogens is 1. The van der Waals surface area contributed by atoms with Crippen LogP contribution in [0.4, 0.5) is 14.6 Å². The lowest BCUT2D eigenvalue weighted by atomic mass is 9.93. The Balaban J connectivity index is 2.42. The van der Waals surface area contributed by atoms with Gasteiger partial charge in [0.1, 0.15) is 11.4 Å². The van der Waals surface area contributed by atoms with Gasteiger partial charge in [0.15, 0.2) is 0 Å². The first-order chi connectivity index (χ1) is 12.0. The zero-order chi connectivity index (χ0) is 19.5. The zero-order valence-electron chi connectivity index (χ0n) is 15.7. The highest BCUT2D eigenvalue weighted by Gasteiger charge is 2.32. The van der Waals surface area contributed by atoms with Gasteiger partial charge in [-0.15, -0.1) is 0 Å². The molecule has 0 fully saturated rings. The van der Waals surface area contributed by atoms with Crippen molar-refractivity contribution < 1.29 is 23.0 Å². The number of nitrogens with zero attached hydrogens (tertiary/aromatic N) is 1. The highest BCUT2D eigenvalue weighted by atomic mass is 19.3. The summed E-state index contributed by atoms with van der Waals surface area (Å²) in [6.45, 7) is 7.74. The molecule has 0 bridgehead atoms. The Bertz CT molecular complexity index is 709. The van der Waals surface area contributed by atoms with Crippen LogP contribution >= 0.6 is 0 Å². The van der Waals surface area contributed by atoms with Gasteiger partial charge in [0.25, 0.3) is 5.92 Å². The SMILES string of the molecule is CCOC(=O)c1c(COC(C)(C)C)cc(C2=CCC(F)(F)CC2)nc1N. The van der Waals surface area contributed by atoms with Crippen LogP contribution in [0.15, 0.2) is 12.1 Å². The van der Waals surface area contributed by atoms with E-state index in [1.165, 1.54) is 6.08 Å². The van der Waals surface area contributed by atoms with Crippen LogP contribution in [0.3, 0.4) is 0 Å². The van der Waals surface area contributed by atoms with Crippen molar-refractivity contribution >= 4 is 17.4 Å². The molecule has 2 N–H and O–H groups in total. The summed E-state index contributed by atoms with van der Waals surface area (Å²) in [6, 6.07) is 1.68. The highest BCUT2D eigenvalue weighted by Crippen LogP contribution is 2.36. The summed E-state index contributed by atoms with van der Waals surface area (Å²) < 4.78 is 37.6. The maximum Gasteiger partial charge on any atom is 0.342 e. The Morgan fingerprint density at radius 1 is 1.38 bits per heavy atom. The van der Waals surface area contributed by atoms with E-state index in [2.05, 4.69) is 4.98 Å². The summed E-state index contributed by atoms with van der Waals surface area (Å²) in [5, 5.41) is 0. The molecule has 1 aromatic rings. The Kier molecular flexibility index (Phi) is 6.01. The topological polar surface area (TPSA) is 74.4 Å². The molecule has 0 aliphatic heterocycles. The summed E-state index contributed by atoms with van der Waals surface area (Å²) in [6.07, 6.45) is 1.15. The second kappa shape index (κ2) is 7.70. The number of nitrogens with two attached hydrogens (primary N) is 1. The van der Waals surface area contributed by atoms with E-state index in [4.69, 9.17) is 15.2 Å². The molecule has 1 heterocycles. The first-order valence-corrected chi connectivity index (χ1v) is 8.70. The van der Waals surface area contributed by atoms with Crippen molar-refractivity contribution in [2.24, 2.45) is 0 Å². The van der Waals surface area contributed by atoms with Crippen molar-refractivity contribution in [3.05, 3.63) is 29.0 Å². The molecule has 0 saturated carbocycles. The first kappa shape index (κ1) is 20.3. The van der Waals surface area contributed by atoms with E-state index in [0.29, 0.717) is 16.8 Å². The molecule has 5 nitrogen and oxygen atoms in total. The number of halogens is 2. The van der Waals surface area contributed by atoms with E-state index in [9.17, 15) is 13.6 Å². The number of ether oxygens (including phenoxy) is 2. The van der Waals surface area contributed by atoms with E-state index in [1.54, 1.807) is 13.0 Å². The van der Waals surface area contributed by atoms with Crippen LogP contribution < -0.4 is 5.73 Å². The van der Waals surface area contributed by atoms with E-state index in [1.807, 2.05) is 20.8 Å². The van der Waals surface area contributed by atoms with Gasteiger partial charge < -0.3 is 15.2 Å². The third kappa shape index (κ3) is 5.24. The summed E-state index contributed by atoms with van der Waals surface area (Å²) in [4.78, 5) is 16.5. The number of alkyl halides is 2. The molecule has 2 rings (SSSR count). The van der Waals surface area contributed by atoms with Crippen molar-refractivity contribution in [3.63, 3.8) is 0 Å². The van der Waals surface area contributed by atoms with Crippen LogP contribution in [-0.4, -0.2) is 29.1 Å². The summed E-state index contributed by atoms with van der Waals surface area (Å²) >= 11 is 0. The van der Waals surface area contributed by atoms with E-state index >= 15 is 0 Å². The van der Waals surface area contributed by atoms with Gasteiger partial charge in [0, 0.05) is 12.8 Å². The zero-order valence-corrected chi connectivity index (χ0v) is 15.7. The van der Waals surface area contributed by atoms with Crippen LogP contribution in [0.5, 0.6) is 0 Å². The number of allylic oxidation sites excluding steroid dienone is 2. The largest absolute Gasteiger partial charge is 0.462 e. The number of rotatable bonds is 5. The highest BCUT2D eigenvalue weighted by molar-refractivity contribution is 5.96. The molecule has 0 amide bonds. The van der Waals surface area contributed by atoms with Gasteiger partial charge in [-0.2, -0.15) is 0 Å². The van der Waals surface area contributed by atoms with E-state index in [0.717, 1.165) is 0 Å². The van der Waals surface area contributed by atoms with Gasteiger partial charge in [-0.1, -0.05) is 6.08 Å². The Morgan fingerprint density at radius 2 is 2.08 bits per heavy atom. The van der Waals surface area contributed by atoms with Crippen molar-refractivity contribution in [1.82, 2.24) is 4.98 Å². The molecule has 0 radical (unpaired) electrons. The number of anilines is 1. The smallest absolute Gasteiger partial charge is 0.342 e. The molecule has 0 spiro atoms. The number of hydrogen-bond acceptors (Lipinski definition) is 5. The van der Waals surface area contributed by atoms with Gasteiger partial charge in [0.2, 0.25) is 0 Å². The van der Waals surface area contributed by atoms with Gasteiger partial charge in [-0.25, -0.2) is 18.6 Å². The monoisotopic (exact) mass is 368 g/mol. The maximum atomic E-state index is 13.4. The van der Waals surface area contributed by atoms with Crippen LogP contribution in [0.1, 0.15) is 68.6 Å². The lowest BCUT2D eigenvalue weighted by molar-refractivity contribution is -0.0156. The number of carbonyl (C=O) groups is 1.